The number of halogens is 5. The highest BCUT2D eigenvalue weighted by Crippen LogP contribution is 2.38. The van der Waals surface area contributed by atoms with Gasteiger partial charge in [-0.25, -0.2) is 18.0 Å². The van der Waals surface area contributed by atoms with Gasteiger partial charge in [-0.05, 0) is 63.4 Å². The van der Waals surface area contributed by atoms with E-state index in [1.54, 1.807) is 33.9 Å². The smallest absolute Gasteiger partial charge is 0.425 e. The quantitative estimate of drug-likeness (QED) is 0.0251. The third kappa shape index (κ3) is 8.84. The number of nitrogens with zero attached hydrogens (tertiary/aromatic N) is 4. The summed E-state index contributed by atoms with van der Waals surface area (Å²) in [4.78, 5) is 27.7. The summed E-state index contributed by atoms with van der Waals surface area (Å²) in [5.41, 5.74) is 7.89. The number of esters is 1. The summed E-state index contributed by atoms with van der Waals surface area (Å²) in [5.74, 6) is -14.6. The first-order valence-electron chi connectivity index (χ1n) is 11.7. The van der Waals surface area contributed by atoms with Crippen LogP contribution in [0.5, 0.6) is 5.75 Å². The van der Waals surface area contributed by atoms with E-state index in [-0.39, 0.29) is 25.8 Å². The Morgan fingerprint density at radius 2 is 1.45 bits per heavy atom. The number of azide groups is 1. The largest absolute Gasteiger partial charge is 0.510 e. The maximum Gasteiger partial charge on any atom is 0.510 e. The second-order valence-corrected chi connectivity index (χ2v) is 15.7. The van der Waals surface area contributed by atoms with Crippen LogP contribution >= 0.6 is 0 Å². The summed E-state index contributed by atoms with van der Waals surface area (Å²) >= 11 is 0. The number of rotatable bonds is 10. The standard InChI is InChI=1S/C23H33F5N4O5Si/c1-22(2,3)36-21(34)32(31-30-29)12-10-9-11-13(37-38(7,8)23(4,5)6)20(33)35-19-17(27)15(25)14(24)16(26)18(19)28/h13H,9-12H2,1-8H3. The summed E-state index contributed by atoms with van der Waals surface area (Å²) in [6.45, 7) is 13.9. The van der Waals surface area contributed by atoms with Crippen molar-refractivity contribution >= 4 is 20.4 Å². The molecule has 0 heterocycles. The van der Waals surface area contributed by atoms with E-state index >= 15 is 0 Å². The highest BCUT2D eigenvalue weighted by Gasteiger charge is 2.42. The lowest BCUT2D eigenvalue weighted by Gasteiger charge is -2.38. The van der Waals surface area contributed by atoms with Crippen molar-refractivity contribution in [2.75, 3.05) is 6.54 Å². The summed E-state index contributed by atoms with van der Waals surface area (Å²) in [6, 6.07) is 0. The maximum absolute atomic E-state index is 14.1. The van der Waals surface area contributed by atoms with Crippen LogP contribution in [0, 0.1) is 29.1 Å². The molecular weight excluding hydrogens is 535 g/mol. The number of hydrogen-bond acceptors (Lipinski definition) is 6. The van der Waals surface area contributed by atoms with E-state index < -0.39 is 72.0 Å². The van der Waals surface area contributed by atoms with Gasteiger partial charge in [-0.2, -0.15) is 18.5 Å². The number of amides is 1. The first-order valence-corrected chi connectivity index (χ1v) is 14.6. The molecule has 0 saturated heterocycles. The zero-order chi connectivity index (χ0) is 29.6. The Bertz CT molecular complexity index is 1060. The molecule has 0 aromatic heterocycles. The predicted molar refractivity (Wildman–Crippen MR) is 130 cm³/mol. The summed E-state index contributed by atoms with van der Waals surface area (Å²) in [7, 11) is -2.69. The van der Waals surface area contributed by atoms with E-state index in [9.17, 15) is 31.5 Å². The van der Waals surface area contributed by atoms with Gasteiger partial charge in [0.15, 0.2) is 8.32 Å². The number of unbranched alkanes of at least 4 members (excludes halogenated alkanes) is 1. The molecular formula is C23H33F5N4O5Si. The van der Waals surface area contributed by atoms with Gasteiger partial charge in [0.2, 0.25) is 34.8 Å². The Balaban J connectivity index is 3.11. The number of hydrogen-bond donors (Lipinski definition) is 0. The molecule has 0 fully saturated rings. The lowest BCUT2D eigenvalue weighted by atomic mass is 10.1. The predicted octanol–water partition coefficient (Wildman–Crippen LogP) is 7.31. The minimum atomic E-state index is -2.69. The average Bonchev–Trinajstić information content (AvgIpc) is 2.78. The molecule has 0 N–H and O–H groups in total. The Labute approximate surface area is 218 Å². The average molecular weight is 569 g/mol. The van der Waals surface area contributed by atoms with E-state index in [2.05, 4.69) is 14.9 Å². The molecule has 1 atom stereocenters. The molecule has 0 bridgehead atoms. The van der Waals surface area contributed by atoms with Crippen LogP contribution in [0.15, 0.2) is 5.22 Å². The van der Waals surface area contributed by atoms with Crippen molar-refractivity contribution in [1.82, 2.24) is 5.01 Å². The van der Waals surface area contributed by atoms with Gasteiger partial charge in [-0.15, -0.1) is 10.5 Å². The number of carbonyl (C=O) groups excluding carboxylic acids is 2. The fraction of sp³-hybridized carbons (Fsp3) is 0.652. The maximum atomic E-state index is 14.1. The van der Waals surface area contributed by atoms with Gasteiger partial charge in [-0.1, -0.05) is 20.8 Å². The van der Waals surface area contributed by atoms with Gasteiger partial charge in [0.05, 0.1) is 0 Å². The molecule has 0 aliphatic heterocycles. The topological polar surface area (TPSA) is 114 Å². The van der Waals surface area contributed by atoms with Crippen molar-refractivity contribution < 1.29 is 45.4 Å². The molecule has 1 amide bonds. The first kappa shape index (κ1) is 33.1. The third-order valence-electron chi connectivity index (χ3n) is 5.72. The Morgan fingerprint density at radius 3 is 1.89 bits per heavy atom. The van der Waals surface area contributed by atoms with Gasteiger partial charge in [0.25, 0.3) is 0 Å². The van der Waals surface area contributed by atoms with Crippen LogP contribution in [0.1, 0.15) is 60.8 Å². The number of ether oxygens (including phenoxy) is 2. The highest BCUT2D eigenvalue weighted by atomic mass is 28.4. The molecule has 1 rings (SSSR count). The molecule has 0 saturated carbocycles. The van der Waals surface area contributed by atoms with Crippen LogP contribution in [0.4, 0.5) is 26.7 Å². The molecule has 1 unspecified atom stereocenters. The van der Waals surface area contributed by atoms with E-state index in [1.807, 2.05) is 20.8 Å². The van der Waals surface area contributed by atoms with Crippen LogP contribution in [0.25, 0.3) is 10.4 Å². The van der Waals surface area contributed by atoms with E-state index in [1.165, 1.54) is 0 Å². The second-order valence-electron chi connectivity index (χ2n) is 11.0. The lowest BCUT2D eigenvalue weighted by molar-refractivity contribution is -0.143. The molecule has 0 aliphatic rings. The van der Waals surface area contributed by atoms with Crippen molar-refractivity contribution in [2.24, 2.45) is 5.22 Å². The SMILES string of the molecule is CC(C)(C)OC(=O)N(CCCCC(O[Si](C)(C)C(C)(C)C)C(=O)Oc1c(F)c(F)c(F)c(F)c1F)N=[N+]=[N-]. The molecule has 214 valence electrons. The Kier molecular flexibility index (Phi) is 11.1. The molecule has 0 radical (unpaired) electrons. The van der Waals surface area contributed by atoms with Crippen molar-refractivity contribution in [3.63, 3.8) is 0 Å². The van der Waals surface area contributed by atoms with Crippen LogP contribution < -0.4 is 4.74 Å². The normalized spacial score (nSPS) is 13.0. The van der Waals surface area contributed by atoms with E-state index in [4.69, 9.17) is 14.7 Å². The van der Waals surface area contributed by atoms with Crippen LogP contribution in [0.2, 0.25) is 18.1 Å². The summed E-state index contributed by atoms with van der Waals surface area (Å²) in [6.07, 6.45) is -2.09. The lowest BCUT2D eigenvalue weighted by Crippen LogP contribution is -2.47. The fourth-order valence-electron chi connectivity index (χ4n) is 2.72. The van der Waals surface area contributed by atoms with Gasteiger partial charge >= 0.3 is 12.1 Å². The van der Waals surface area contributed by atoms with Crippen LogP contribution in [0.3, 0.4) is 0 Å². The molecule has 38 heavy (non-hydrogen) atoms. The van der Waals surface area contributed by atoms with Crippen molar-refractivity contribution in [3.8, 4) is 5.75 Å². The first-order chi connectivity index (χ1) is 17.2. The van der Waals surface area contributed by atoms with E-state index in [0.717, 1.165) is 5.01 Å². The third-order valence-corrected chi connectivity index (χ3v) is 10.2. The number of carbonyl (C=O) groups is 2. The second kappa shape index (κ2) is 12.8. The Hall–Kier alpha value is -2.90. The van der Waals surface area contributed by atoms with Gasteiger partial charge in [-0.3, -0.25) is 0 Å². The van der Waals surface area contributed by atoms with Crippen molar-refractivity contribution in [1.29, 1.82) is 0 Å². The summed E-state index contributed by atoms with van der Waals surface area (Å²) in [5, 5.41) is 3.63. The fourth-order valence-corrected chi connectivity index (χ4v) is 4.00. The van der Waals surface area contributed by atoms with Gasteiger partial charge in [0.1, 0.15) is 18.2 Å². The zero-order valence-electron chi connectivity index (χ0n) is 22.6. The highest BCUT2D eigenvalue weighted by molar-refractivity contribution is 6.74. The van der Waals surface area contributed by atoms with Gasteiger partial charge in [0, 0.05) is 0 Å². The summed E-state index contributed by atoms with van der Waals surface area (Å²) < 4.78 is 84.6. The van der Waals surface area contributed by atoms with Crippen molar-refractivity contribution in [2.45, 2.75) is 90.6 Å². The molecule has 9 nitrogen and oxygen atoms in total. The molecule has 0 spiro atoms. The van der Waals surface area contributed by atoms with Crippen molar-refractivity contribution in [3.05, 3.63) is 39.5 Å². The van der Waals surface area contributed by atoms with E-state index in [0.29, 0.717) is 0 Å². The minimum absolute atomic E-state index is 0.0980. The number of benzene rings is 1. The molecule has 0 aliphatic carbocycles. The monoisotopic (exact) mass is 568 g/mol. The zero-order valence-corrected chi connectivity index (χ0v) is 23.6. The minimum Gasteiger partial charge on any atom is -0.425 e. The molecule has 15 heteroatoms. The molecule has 1 aromatic rings. The van der Waals surface area contributed by atoms with Gasteiger partial charge < -0.3 is 13.9 Å². The van der Waals surface area contributed by atoms with Crippen LogP contribution in [-0.2, 0) is 14.0 Å². The Morgan fingerprint density at radius 1 is 0.947 bits per heavy atom. The molecule has 1 aromatic carbocycles. The van der Waals surface area contributed by atoms with Crippen LogP contribution in [-0.4, -0.2) is 43.6 Å².